The lowest BCUT2D eigenvalue weighted by molar-refractivity contribution is -0.119. The van der Waals surface area contributed by atoms with Crippen molar-refractivity contribution in [2.45, 2.75) is 24.5 Å². The zero-order valence-corrected chi connectivity index (χ0v) is 14.7. The molecule has 0 spiro atoms. The molecule has 0 aliphatic carbocycles. The monoisotopic (exact) mass is 350 g/mol. The Hall–Kier alpha value is -1.89. The van der Waals surface area contributed by atoms with Gasteiger partial charge in [-0.3, -0.25) is 9.69 Å². The van der Waals surface area contributed by atoms with Crippen molar-refractivity contribution in [1.29, 1.82) is 5.26 Å². The number of nitrogens with two attached hydrogens (primary N) is 1. The number of nitrogens with zero attached hydrogens (tertiary/aromatic N) is 4. The fraction of sp³-hybridized carbons (Fsp3) is 0.600. The molecular weight excluding hydrogens is 328 g/mol. The van der Waals surface area contributed by atoms with Gasteiger partial charge in [0.05, 0.1) is 25.2 Å². The maximum Gasteiger partial charge on any atom is 0.230 e. The largest absolute Gasteiger partial charge is 0.382 e. The Morgan fingerprint density at radius 3 is 2.88 bits per heavy atom. The first kappa shape index (κ1) is 18.4. The van der Waals surface area contributed by atoms with Crippen LogP contribution in [0.15, 0.2) is 11.4 Å². The van der Waals surface area contributed by atoms with Crippen LogP contribution in [0, 0.1) is 11.3 Å². The van der Waals surface area contributed by atoms with Gasteiger partial charge in [-0.15, -0.1) is 0 Å². The van der Waals surface area contributed by atoms with Gasteiger partial charge in [0.25, 0.3) is 0 Å². The predicted octanol–water partition coefficient (Wildman–Crippen LogP) is 0.250. The van der Waals surface area contributed by atoms with E-state index in [1.54, 1.807) is 0 Å². The second kappa shape index (κ2) is 8.28. The maximum absolute atomic E-state index is 12.0. The average molecular weight is 350 g/mol. The highest BCUT2D eigenvalue weighted by molar-refractivity contribution is 7.99. The predicted molar refractivity (Wildman–Crippen MR) is 91.4 cm³/mol. The molecule has 1 fully saturated rings. The van der Waals surface area contributed by atoms with Crippen LogP contribution in [0.2, 0.25) is 0 Å². The lowest BCUT2D eigenvalue weighted by atomic mass is 10.0. The van der Waals surface area contributed by atoms with E-state index >= 15 is 0 Å². The molecule has 1 amide bonds. The van der Waals surface area contributed by atoms with Crippen molar-refractivity contribution in [1.82, 2.24) is 20.2 Å². The highest BCUT2D eigenvalue weighted by Crippen LogP contribution is 2.17. The molecule has 1 aliphatic heterocycles. The van der Waals surface area contributed by atoms with E-state index in [0.717, 1.165) is 26.3 Å². The molecule has 0 unspecified atom stereocenters. The first-order valence-corrected chi connectivity index (χ1v) is 8.66. The van der Waals surface area contributed by atoms with Gasteiger partial charge >= 0.3 is 0 Å². The summed E-state index contributed by atoms with van der Waals surface area (Å²) in [6.07, 6.45) is 1.37. The molecule has 9 heteroatoms. The first-order valence-electron chi connectivity index (χ1n) is 7.67. The van der Waals surface area contributed by atoms with E-state index < -0.39 is 0 Å². The Bertz CT molecular complexity index is 625. The summed E-state index contributed by atoms with van der Waals surface area (Å²) in [5, 5.41) is 12.1. The highest BCUT2D eigenvalue weighted by atomic mass is 32.2. The number of morpholine rings is 1. The summed E-state index contributed by atoms with van der Waals surface area (Å²) in [7, 11) is 0. The third-order valence-electron chi connectivity index (χ3n) is 3.83. The van der Waals surface area contributed by atoms with Gasteiger partial charge in [0.1, 0.15) is 17.5 Å². The molecule has 8 nitrogen and oxygen atoms in total. The van der Waals surface area contributed by atoms with E-state index in [9.17, 15) is 4.79 Å². The third kappa shape index (κ3) is 5.06. The fourth-order valence-corrected chi connectivity index (χ4v) is 2.96. The molecule has 24 heavy (non-hydrogen) atoms. The van der Waals surface area contributed by atoms with Crippen molar-refractivity contribution in [3.63, 3.8) is 0 Å². The number of carbonyl (C=O) groups is 1. The van der Waals surface area contributed by atoms with Crippen LogP contribution in [-0.4, -0.2) is 64.9 Å². The van der Waals surface area contributed by atoms with Crippen molar-refractivity contribution >= 4 is 23.5 Å². The maximum atomic E-state index is 12.0. The van der Waals surface area contributed by atoms with Crippen LogP contribution in [0.3, 0.4) is 0 Å². The second-order valence-corrected chi connectivity index (χ2v) is 6.98. The van der Waals surface area contributed by atoms with E-state index in [4.69, 9.17) is 15.7 Å². The number of thioether (sulfide) groups is 1. The topological polar surface area (TPSA) is 117 Å². The number of nitrogen functional groups attached to an aromatic ring is 1. The van der Waals surface area contributed by atoms with Crippen molar-refractivity contribution < 1.29 is 9.53 Å². The van der Waals surface area contributed by atoms with Gasteiger partial charge in [-0.25, -0.2) is 9.97 Å². The van der Waals surface area contributed by atoms with Crippen molar-refractivity contribution in [2.24, 2.45) is 0 Å². The number of amides is 1. The van der Waals surface area contributed by atoms with Crippen LogP contribution in [0.25, 0.3) is 0 Å². The summed E-state index contributed by atoms with van der Waals surface area (Å²) in [6.45, 7) is 7.97. The number of anilines is 1. The minimum atomic E-state index is -0.126. The molecule has 130 valence electrons. The van der Waals surface area contributed by atoms with Crippen LogP contribution in [0.4, 0.5) is 5.82 Å². The molecule has 0 saturated carbocycles. The molecule has 0 bridgehead atoms. The number of hydrogen-bond donors (Lipinski definition) is 2. The molecule has 2 rings (SSSR count). The standard InChI is InChI=1S/C15H22N6O2S/c1-15(2,21-3-5-23-6-4-21)10-19-12(22)9-24-14-18-8-11(7-16)13(17)20-14/h8H,3-6,9-10H2,1-2H3,(H,19,22)(H2,17,18,20). The molecule has 0 atom stereocenters. The minimum absolute atomic E-state index is 0.0899. The number of hydrogen-bond acceptors (Lipinski definition) is 8. The van der Waals surface area contributed by atoms with E-state index in [-0.39, 0.29) is 28.6 Å². The van der Waals surface area contributed by atoms with Crippen LogP contribution < -0.4 is 11.1 Å². The average Bonchev–Trinajstić information content (AvgIpc) is 2.59. The van der Waals surface area contributed by atoms with E-state index in [1.165, 1.54) is 18.0 Å². The summed E-state index contributed by atoms with van der Waals surface area (Å²) in [5.74, 6) is 0.238. The lowest BCUT2D eigenvalue weighted by Gasteiger charge is -2.40. The zero-order chi connectivity index (χ0) is 17.6. The van der Waals surface area contributed by atoms with Crippen LogP contribution in [0.5, 0.6) is 0 Å². The summed E-state index contributed by atoms with van der Waals surface area (Å²) in [4.78, 5) is 22.4. The van der Waals surface area contributed by atoms with Crippen molar-refractivity contribution in [3.05, 3.63) is 11.8 Å². The number of ether oxygens (including phenoxy) is 1. The highest BCUT2D eigenvalue weighted by Gasteiger charge is 2.28. The third-order valence-corrected chi connectivity index (χ3v) is 4.70. The minimum Gasteiger partial charge on any atom is -0.382 e. The SMILES string of the molecule is CC(C)(CNC(=O)CSc1ncc(C#N)c(N)n1)N1CCOCC1. The lowest BCUT2D eigenvalue weighted by Crippen LogP contribution is -2.55. The number of nitrogens with one attached hydrogen (secondary N) is 1. The summed E-state index contributed by atoms with van der Waals surface area (Å²) in [6, 6.07) is 1.90. The van der Waals surface area contributed by atoms with Crippen molar-refractivity contribution in [3.8, 4) is 6.07 Å². The Morgan fingerprint density at radius 2 is 2.25 bits per heavy atom. The summed E-state index contributed by atoms with van der Waals surface area (Å²) >= 11 is 1.19. The molecule has 1 aliphatic rings. The van der Waals surface area contributed by atoms with Gasteiger partial charge in [0, 0.05) is 25.2 Å². The first-order chi connectivity index (χ1) is 11.4. The van der Waals surface area contributed by atoms with E-state index in [1.807, 2.05) is 6.07 Å². The molecule has 0 radical (unpaired) electrons. The van der Waals surface area contributed by atoms with Gasteiger partial charge in [0.15, 0.2) is 5.16 Å². The zero-order valence-electron chi connectivity index (χ0n) is 13.9. The van der Waals surface area contributed by atoms with Gasteiger partial charge in [-0.05, 0) is 13.8 Å². The summed E-state index contributed by atoms with van der Waals surface area (Å²) in [5.41, 5.74) is 5.74. The second-order valence-electron chi connectivity index (χ2n) is 6.04. The Morgan fingerprint density at radius 1 is 1.54 bits per heavy atom. The normalized spacial score (nSPS) is 15.7. The smallest absolute Gasteiger partial charge is 0.230 e. The Balaban J connectivity index is 1.79. The van der Waals surface area contributed by atoms with Crippen LogP contribution in [0.1, 0.15) is 19.4 Å². The van der Waals surface area contributed by atoms with Gasteiger partial charge in [-0.1, -0.05) is 11.8 Å². The molecule has 1 aromatic rings. The molecule has 0 aromatic carbocycles. The molecule has 1 saturated heterocycles. The molecule has 2 heterocycles. The Labute approximate surface area is 145 Å². The van der Waals surface area contributed by atoms with Crippen LogP contribution >= 0.6 is 11.8 Å². The molecule has 1 aromatic heterocycles. The van der Waals surface area contributed by atoms with Crippen LogP contribution in [-0.2, 0) is 9.53 Å². The molecular formula is C15H22N6O2S. The molecule has 3 N–H and O–H groups in total. The van der Waals surface area contributed by atoms with Crippen molar-refractivity contribution in [2.75, 3.05) is 44.3 Å². The summed E-state index contributed by atoms with van der Waals surface area (Å²) < 4.78 is 5.36. The number of aromatic nitrogens is 2. The van der Waals surface area contributed by atoms with Gasteiger partial charge < -0.3 is 15.8 Å². The van der Waals surface area contributed by atoms with Gasteiger partial charge in [-0.2, -0.15) is 5.26 Å². The number of carbonyl (C=O) groups excluding carboxylic acids is 1. The van der Waals surface area contributed by atoms with Gasteiger partial charge in [0.2, 0.25) is 5.91 Å². The quantitative estimate of drug-likeness (QED) is 0.554. The number of nitriles is 1. The van der Waals surface area contributed by atoms with E-state index in [0.29, 0.717) is 11.7 Å². The number of rotatable bonds is 6. The van der Waals surface area contributed by atoms with E-state index in [2.05, 4.69) is 34.0 Å². The Kier molecular flexibility index (Phi) is 6.36. The fourth-order valence-electron chi connectivity index (χ4n) is 2.31.